The highest BCUT2D eigenvalue weighted by molar-refractivity contribution is 7.17. The first-order chi connectivity index (χ1) is 14.9. The lowest BCUT2D eigenvalue weighted by atomic mass is 10.0. The number of phenolic OH excluding ortho intramolecular Hbond substituents is 1. The Bertz CT molecular complexity index is 1080. The number of hydrogen-bond donors (Lipinski definition) is 2. The number of fused-ring (bicyclic) bond motifs is 1. The number of phenols is 1. The normalized spacial score (nSPS) is 16.8. The number of rotatable bonds is 6. The van der Waals surface area contributed by atoms with Gasteiger partial charge in [-0.2, -0.15) is 0 Å². The van der Waals surface area contributed by atoms with Crippen LogP contribution in [0.25, 0.3) is 21.3 Å². The summed E-state index contributed by atoms with van der Waals surface area (Å²) in [5.74, 6) is 1.15. The van der Waals surface area contributed by atoms with Crippen molar-refractivity contribution >= 4 is 33.1 Å². The van der Waals surface area contributed by atoms with Crippen LogP contribution in [0.1, 0.15) is 24.8 Å². The molecule has 0 radical (unpaired) electrons. The molecule has 0 spiro atoms. The summed E-state index contributed by atoms with van der Waals surface area (Å²) >= 11 is 1.60. The number of nitrogens with zero attached hydrogens (tertiary/aromatic N) is 4. The Morgan fingerprint density at radius 2 is 2.16 bits per heavy atom. The fourth-order valence-electron chi connectivity index (χ4n) is 4.05. The summed E-state index contributed by atoms with van der Waals surface area (Å²) in [5.41, 5.74) is 2.31. The number of carbonyl (C=O) groups excluding carboxylic acids is 1. The van der Waals surface area contributed by atoms with Gasteiger partial charge in [0.15, 0.2) is 0 Å². The number of nitrogens with one attached hydrogen (secondary N) is 1. The minimum atomic E-state index is 0.159. The highest BCUT2D eigenvalue weighted by atomic mass is 32.1. The average molecular weight is 440 g/mol. The summed E-state index contributed by atoms with van der Waals surface area (Å²) in [4.78, 5) is 16.5. The third-order valence-corrected chi connectivity index (χ3v) is 6.63. The fourth-order valence-corrected chi connectivity index (χ4v) is 4.84. The molecule has 0 aliphatic carbocycles. The molecule has 1 atom stereocenters. The molecule has 0 bridgehead atoms. The minimum Gasteiger partial charge on any atom is -0.507 e. The zero-order chi connectivity index (χ0) is 22.0. The maximum absolute atomic E-state index is 12.5. The Balaban J connectivity index is 1.45. The van der Waals surface area contributed by atoms with E-state index in [0.29, 0.717) is 30.0 Å². The minimum absolute atomic E-state index is 0.159. The van der Waals surface area contributed by atoms with Crippen molar-refractivity contribution in [3.8, 4) is 17.0 Å². The first-order valence-corrected chi connectivity index (χ1v) is 11.5. The van der Waals surface area contributed by atoms with Crippen LogP contribution < -0.4 is 5.32 Å². The molecule has 31 heavy (non-hydrogen) atoms. The van der Waals surface area contributed by atoms with Gasteiger partial charge < -0.3 is 20.2 Å². The van der Waals surface area contributed by atoms with Gasteiger partial charge in [-0.1, -0.05) is 0 Å². The predicted molar refractivity (Wildman–Crippen MR) is 126 cm³/mol. The second kappa shape index (κ2) is 9.20. The zero-order valence-corrected chi connectivity index (χ0v) is 19.1. The Kier molecular flexibility index (Phi) is 6.38. The number of thiophene rings is 1. The molecule has 1 fully saturated rings. The quantitative estimate of drug-likeness (QED) is 0.609. The molecule has 2 N–H and O–H groups in total. The maximum Gasteiger partial charge on any atom is 0.223 e. The summed E-state index contributed by atoms with van der Waals surface area (Å²) in [6.07, 6.45) is 2.52. The van der Waals surface area contributed by atoms with Gasteiger partial charge in [0, 0.05) is 47.7 Å². The molecule has 1 aromatic carbocycles. The molecular weight excluding hydrogens is 410 g/mol. The number of aromatic hydroxyl groups is 1. The largest absolute Gasteiger partial charge is 0.507 e. The SMILES string of the molecule is Cc1cc(N[C@@H]2CCCN(C(=O)CCN(C)C)C2)nnc1-c1ccc2sccc2c1O. The molecule has 1 amide bonds. The summed E-state index contributed by atoms with van der Waals surface area (Å²) in [6, 6.07) is 7.95. The van der Waals surface area contributed by atoms with E-state index < -0.39 is 0 Å². The van der Waals surface area contributed by atoms with Crippen molar-refractivity contribution < 1.29 is 9.90 Å². The van der Waals surface area contributed by atoms with E-state index in [4.69, 9.17) is 0 Å². The van der Waals surface area contributed by atoms with E-state index in [2.05, 4.69) is 15.5 Å². The van der Waals surface area contributed by atoms with Gasteiger partial charge in [0.1, 0.15) is 11.6 Å². The molecule has 8 heteroatoms. The monoisotopic (exact) mass is 439 g/mol. The van der Waals surface area contributed by atoms with Crippen LogP contribution in [0.5, 0.6) is 5.75 Å². The number of anilines is 1. The van der Waals surface area contributed by atoms with Crippen LogP contribution in [0.2, 0.25) is 0 Å². The number of likely N-dealkylation sites (tertiary alicyclic amines) is 1. The van der Waals surface area contributed by atoms with Crippen LogP contribution in [0.3, 0.4) is 0 Å². The third-order valence-electron chi connectivity index (χ3n) is 5.75. The molecule has 1 saturated heterocycles. The summed E-state index contributed by atoms with van der Waals surface area (Å²) < 4.78 is 1.05. The first-order valence-electron chi connectivity index (χ1n) is 10.7. The molecule has 3 aromatic rings. The third kappa shape index (κ3) is 4.80. The van der Waals surface area contributed by atoms with E-state index in [9.17, 15) is 9.90 Å². The van der Waals surface area contributed by atoms with Gasteiger partial charge in [-0.15, -0.1) is 21.5 Å². The van der Waals surface area contributed by atoms with E-state index in [1.165, 1.54) is 0 Å². The van der Waals surface area contributed by atoms with Gasteiger partial charge in [0.05, 0.1) is 5.69 Å². The Hall–Kier alpha value is -2.71. The van der Waals surface area contributed by atoms with Crippen molar-refractivity contribution in [3.63, 3.8) is 0 Å². The highest BCUT2D eigenvalue weighted by Gasteiger charge is 2.24. The lowest BCUT2D eigenvalue weighted by Gasteiger charge is -2.33. The van der Waals surface area contributed by atoms with E-state index >= 15 is 0 Å². The molecule has 1 aliphatic heterocycles. The summed E-state index contributed by atoms with van der Waals surface area (Å²) in [6.45, 7) is 4.25. The number of piperidine rings is 1. The Morgan fingerprint density at radius 1 is 1.32 bits per heavy atom. The highest BCUT2D eigenvalue weighted by Crippen LogP contribution is 2.38. The van der Waals surface area contributed by atoms with Crippen molar-refractivity contribution in [2.24, 2.45) is 0 Å². The molecular formula is C23H29N5O2S. The van der Waals surface area contributed by atoms with Crippen molar-refractivity contribution in [1.29, 1.82) is 0 Å². The number of carbonyl (C=O) groups is 1. The first kappa shape index (κ1) is 21.5. The van der Waals surface area contributed by atoms with Crippen LogP contribution in [0, 0.1) is 6.92 Å². The molecule has 7 nitrogen and oxygen atoms in total. The number of hydrogen-bond acceptors (Lipinski definition) is 7. The number of aromatic nitrogens is 2. The predicted octanol–water partition coefficient (Wildman–Crippen LogP) is 3.73. The van der Waals surface area contributed by atoms with Gasteiger partial charge >= 0.3 is 0 Å². The summed E-state index contributed by atoms with van der Waals surface area (Å²) in [5, 5.41) is 25.7. The van der Waals surface area contributed by atoms with Gasteiger partial charge in [0.25, 0.3) is 0 Å². The maximum atomic E-state index is 12.5. The van der Waals surface area contributed by atoms with Crippen LogP contribution in [0.15, 0.2) is 29.6 Å². The topological polar surface area (TPSA) is 81.6 Å². The second-order valence-corrected chi connectivity index (χ2v) is 9.38. The standard InChI is InChI=1S/C23H29N5O2S/c1-15-13-20(24-16-5-4-10-28(14-16)21(29)8-11-27(2)3)25-26-22(15)18-6-7-19-17(23(18)30)9-12-31-19/h6-7,9,12-13,16,30H,4-5,8,10-11,14H2,1-3H3,(H,24,25)/t16-/m1/s1. The van der Waals surface area contributed by atoms with Crippen molar-refractivity contribution in [3.05, 3.63) is 35.2 Å². The van der Waals surface area contributed by atoms with Crippen LogP contribution >= 0.6 is 11.3 Å². The van der Waals surface area contributed by atoms with Crippen LogP contribution in [-0.4, -0.2) is 70.8 Å². The van der Waals surface area contributed by atoms with Crippen LogP contribution in [-0.2, 0) is 4.79 Å². The van der Waals surface area contributed by atoms with Gasteiger partial charge in [-0.25, -0.2) is 0 Å². The van der Waals surface area contributed by atoms with Crippen molar-refractivity contribution in [2.75, 3.05) is 39.0 Å². The zero-order valence-electron chi connectivity index (χ0n) is 18.3. The van der Waals surface area contributed by atoms with E-state index in [-0.39, 0.29) is 17.7 Å². The second-order valence-electron chi connectivity index (χ2n) is 8.43. The number of aryl methyl sites for hydroxylation is 1. The smallest absolute Gasteiger partial charge is 0.223 e. The van der Waals surface area contributed by atoms with Gasteiger partial charge in [-0.3, -0.25) is 4.79 Å². The molecule has 4 rings (SSSR count). The van der Waals surface area contributed by atoms with E-state index in [1.807, 2.05) is 60.5 Å². The lowest BCUT2D eigenvalue weighted by molar-refractivity contribution is -0.132. The molecule has 2 aromatic heterocycles. The molecule has 164 valence electrons. The number of benzene rings is 1. The van der Waals surface area contributed by atoms with Gasteiger partial charge in [0.2, 0.25) is 5.91 Å². The molecule has 0 unspecified atom stereocenters. The van der Waals surface area contributed by atoms with Gasteiger partial charge in [-0.05, 0) is 69.1 Å². The van der Waals surface area contributed by atoms with Crippen molar-refractivity contribution in [1.82, 2.24) is 20.0 Å². The average Bonchev–Trinajstić information content (AvgIpc) is 3.23. The summed E-state index contributed by atoms with van der Waals surface area (Å²) in [7, 11) is 3.97. The fraction of sp³-hybridized carbons (Fsp3) is 0.435. The molecule has 1 aliphatic rings. The molecule has 0 saturated carbocycles. The number of amides is 1. The Labute approximate surface area is 186 Å². The van der Waals surface area contributed by atoms with Crippen LogP contribution in [0.4, 0.5) is 5.82 Å². The van der Waals surface area contributed by atoms with E-state index in [1.54, 1.807) is 11.3 Å². The lowest BCUT2D eigenvalue weighted by Crippen LogP contribution is -2.45. The van der Waals surface area contributed by atoms with E-state index in [0.717, 1.165) is 41.6 Å². The Morgan fingerprint density at radius 3 is 2.94 bits per heavy atom. The van der Waals surface area contributed by atoms with Crippen molar-refractivity contribution in [2.45, 2.75) is 32.2 Å². The molecule has 3 heterocycles.